The van der Waals surface area contributed by atoms with Gasteiger partial charge < -0.3 is 10.0 Å². The van der Waals surface area contributed by atoms with Gasteiger partial charge in [0.2, 0.25) is 0 Å². The lowest BCUT2D eigenvalue weighted by atomic mass is 9.68. The van der Waals surface area contributed by atoms with Gasteiger partial charge in [-0.2, -0.15) is 0 Å². The summed E-state index contributed by atoms with van der Waals surface area (Å²) >= 11 is 0. The Morgan fingerprint density at radius 3 is 2.57 bits per heavy atom. The van der Waals surface area contributed by atoms with Gasteiger partial charge in [0, 0.05) is 12.0 Å². The quantitative estimate of drug-likeness (QED) is 0.839. The van der Waals surface area contributed by atoms with Crippen LogP contribution in [0.2, 0.25) is 0 Å². The molecule has 118 valence electrons. The highest BCUT2D eigenvalue weighted by Gasteiger charge is 2.43. The molecule has 1 aromatic rings. The lowest BCUT2D eigenvalue weighted by molar-refractivity contribution is -0.0842. The molecule has 0 radical (unpaired) electrons. The Morgan fingerprint density at radius 1 is 1.24 bits per heavy atom. The summed E-state index contributed by atoms with van der Waals surface area (Å²) in [5.74, 6) is 0.343. The van der Waals surface area contributed by atoms with Crippen LogP contribution in [-0.2, 0) is 0 Å². The van der Waals surface area contributed by atoms with Gasteiger partial charge in [0.25, 0.3) is 0 Å². The van der Waals surface area contributed by atoms with Gasteiger partial charge in [-0.3, -0.25) is 0 Å². The van der Waals surface area contributed by atoms with Crippen molar-refractivity contribution in [3.63, 3.8) is 0 Å². The lowest BCUT2D eigenvalue weighted by Gasteiger charge is -2.46. The van der Waals surface area contributed by atoms with Gasteiger partial charge in [0.05, 0.1) is 5.60 Å². The van der Waals surface area contributed by atoms with Crippen LogP contribution < -0.4 is 0 Å². The number of benzene rings is 1. The van der Waals surface area contributed by atoms with Gasteiger partial charge in [-0.05, 0) is 38.9 Å². The summed E-state index contributed by atoms with van der Waals surface area (Å²) < 4.78 is 0. The van der Waals surface area contributed by atoms with Crippen LogP contribution in [0.25, 0.3) is 0 Å². The van der Waals surface area contributed by atoms with Crippen molar-refractivity contribution in [3.8, 4) is 0 Å². The van der Waals surface area contributed by atoms with Gasteiger partial charge in [-0.25, -0.2) is 0 Å². The highest BCUT2D eigenvalue weighted by atomic mass is 16.3. The molecule has 0 amide bonds. The average Bonchev–Trinajstić information content (AvgIpc) is 2.48. The molecule has 2 rings (SSSR count). The van der Waals surface area contributed by atoms with Gasteiger partial charge in [0.1, 0.15) is 0 Å². The van der Waals surface area contributed by atoms with E-state index in [4.69, 9.17) is 0 Å². The fourth-order valence-corrected chi connectivity index (χ4v) is 4.04. The Bertz CT molecular complexity index is 417. The summed E-state index contributed by atoms with van der Waals surface area (Å²) in [5, 5.41) is 11.3. The first-order valence-corrected chi connectivity index (χ1v) is 8.52. The second-order valence-electron chi connectivity index (χ2n) is 6.88. The topological polar surface area (TPSA) is 23.5 Å². The molecule has 3 atom stereocenters. The minimum Gasteiger partial charge on any atom is -0.390 e. The molecule has 0 aliphatic heterocycles. The van der Waals surface area contributed by atoms with Crippen molar-refractivity contribution >= 4 is 0 Å². The van der Waals surface area contributed by atoms with Crippen LogP contribution in [0.1, 0.15) is 63.5 Å². The van der Waals surface area contributed by atoms with Gasteiger partial charge in [0.15, 0.2) is 0 Å². The Balaban J connectivity index is 2.28. The first-order valence-electron chi connectivity index (χ1n) is 8.52. The van der Waals surface area contributed by atoms with Crippen LogP contribution in [0.3, 0.4) is 0 Å². The van der Waals surface area contributed by atoms with Crippen molar-refractivity contribution in [2.24, 2.45) is 5.92 Å². The van der Waals surface area contributed by atoms with Crippen molar-refractivity contribution in [1.82, 2.24) is 4.90 Å². The summed E-state index contributed by atoms with van der Waals surface area (Å²) in [4.78, 5) is 2.29. The van der Waals surface area contributed by atoms with Crippen LogP contribution in [-0.4, -0.2) is 29.7 Å². The molecule has 1 N–H and O–H groups in total. The van der Waals surface area contributed by atoms with E-state index in [1.54, 1.807) is 0 Å². The smallest absolute Gasteiger partial charge is 0.0694 e. The summed E-state index contributed by atoms with van der Waals surface area (Å²) in [5.41, 5.74) is 0.850. The summed E-state index contributed by atoms with van der Waals surface area (Å²) in [6.07, 6.45) is 7.76. The van der Waals surface area contributed by atoms with E-state index in [-0.39, 0.29) is 0 Å². The molecule has 1 aliphatic rings. The maximum atomic E-state index is 11.3. The molecular weight excluding hydrogens is 258 g/mol. The van der Waals surface area contributed by atoms with Crippen molar-refractivity contribution < 1.29 is 5.11 Å². The van der Waals surface area contributed by atoms with Gasteiger partial charge in [-0.15, -0.1) is 0 Å². The molecule has 3 unspecified atom stereocenters. The molecule has 0 bridgehead atoms. The maximum Gasteiger partial charge on any atom is 0.0694 e. The van der Waals surface area contributed by atoms with Crippen LogP contribution in [0.15, 0.2) is 30.3 Å². The van der Waals surface area contributed by atoms with E-state index < -0.39 is 5.60 Å². The normalized spacial score (nSPS) is 27.8. The van der Waals surface area contributed by atoms with Crippen LogP contribution in [0, 0.1) is 5.92 Å². The summed E-state index contributed by atoms with van der Waals surface area (Å²) in [7, 11) is 4.29. The third kappa shape index (κ3) is 3.87. The molecule has 0 heterocycles. The molecule has 0 saturated heterocycles. The van der Waals surface area contributed by atoms with Crippen molar-refractivity contribution in [3.05, 3.63) is 35.9 Å². The molecule has 2 nitrogen and oxygen atoms in total. The molecule has 0 aromatic heterocycles. The zero-order valence-electron chi connectivity index (χ0n) is 13.9. The SMILES string of the molecule is CCCCC1(O)CCCCC1C(c1ccccc1)N(C)C. The number of rotatable bonds is 6. The summed E-state index contributed by atoms with van der Waals surface area (Å²) in [6, 6.07) is 11.0. The van der Waals surface area contributed by atoms with Crippen molar-refractivity contribution in [2.75, 3.05) is 14.1 Å². The predicted molar refractivity (Wildman–Crippen MR) is 89.3 cm³/mol. The summed E-state index contributed by atoms with van der Waals surface area (Å²) in [6.45, 7) is 2.21. The van der Waals surface area contributed by atoms with Crippen LogP contribution in [0.4, 0.5) is 0 Å². The van der Waals surface area contributed by atoms with E-state index >= 15 is 0 Å². The first kappa shape index (κ1) is 16.5. The van der Waals surface area contributed by atoms with Crippen molar-refractivity contribution in [2.45, 2.75) is 63.5 Å². The Labute approximate surface area is 130 Å². The van der Waals surface area contributed by atoms with E-state index in [0.717, 1.165) is 32.1 Å². The zero-order chi connectivity index (χ0) is 15.3. The molecule has 21 heavy (non-hydrogen) atoms. The van der Waals surface area contributed by atoms with Crippen molar-refractivity contribution in [1.29, 1.82) is 0 Å². The van der Waals surface area contributed by atoms with E-state index in [0.29, 0.717) is 12.0 Å². The third-order valence-corrected chi connectivity index (χ3v) is 5.11. The largest absolute Gasteiger partial charge is 0.390 e. The average molecular weight is 289 g/mol. The molecule has 2 heteroatoms. The lowest BCUT2D eigenvalue weighted by Crippen LogP contribution is -2.47. The predicted octanol–water partition coefficient (Wildman–Crippen LogP) is 4.40. The molecule has 1 saturated carbocycles. The Morgan fingerprint density at radius 2 is 1.95 bits per heavy atom. The van der Waals surface area contributed by atoms with E-state index in [1.807, 2.05) is 0 Å². The van der Waals surface area contributed by atoms with E-state index in [2.05, 4.69) is 56.3 Å². The number of aliphatic hydroxyl groups is 1. The number of unbranched alkanes of at least 4 members (excludes halogenated alkanes) is 1. The molecule has 1 fully saturated rings. The van der Waals surface area contributed by atoms with E-state index in [1.165, 1.54) is 18.4 Å². The van der Waals surface area contributed by atoms with Crippen LogP contribution in [0.5, 0.6) is 0 Å². The van der Waals surface area contributed by atoms with E-state index in [9.17, 15) is 5.11 Å². The van der Waals surface area contributed by atoms with Gasteiger partial charge in [-0.1, -0.05) is 62.9 Å². The Kier molecular flexibility index (Phi) is 5.83. The monoisotopic (exact) mass is 289 g/mol. The number of nitrogens with zero attached hydrogens (tertiary/aromatic N) is 1. The minimum atomic E-state index is -0.487. The van der Waals surface area contributed by atoms with Gasteiger partial charge >= 0.3 is 0 Å². The highest BCUT2D eigenvalue weighted by molar-refractivity contribution is 5.21. The Hall–Kier alpha value is -0.860. The number of hydrogen-bond donors (Lipinski definition) is 1. The maximum absolute atomic E-state index is 11.3. The highest BCUT2D eigenvalue weighted by Crippen LogP contribution is 2.45. The fourth-order valence-electron chi connectivity index (χ4n) is 4.04. The minimum absolute atomic E-state index is 0.313. The van der Waals surface area contributed by atoms with Crippen LogP contribution >= 0.6 is 0 Å². The molecular formula is C19H31NO. The molecule has 1 aromatic carbocycles. The zero-order valence-corrected chi connectivity index (χ0v) is 13.9. The molecule has 1 aliphatic carbocycles. The molecule has 0 spiro atoms. The standard InChI is InChI=1S/C19H31NO/c1-4-5-14-19(21)15-10-9-13-17(19)18(20(2)3)16-11-7-6-8-12-16/h6-8,11-12,17-18,21H,4-5,9-10,13-15H2,1-3H3. The first-order chi connectivity index (χ1) is 10.1. The number of hydrogen-bond acceptors (Lipinski definition) is 2. The second kappa shape index (κ2) is 7.42. The third-order valence-electron chi connectivity index (χ3n) is 5.11. The second-order valence-corrected chi connectivity index (χ2v) is 6.88. The fraction of sp³-hybridized carbons (Fsp3) is 0.684.